The number of amides is 1. The molecule has 1 N–H and O–H groups in total. The Morgan fingerprint density at radius 2 is 1.96 bits per heavy atom. The van der Waals surface area contributed by atoms with E-state index in [-0.39, 0.29) is 12.5 Å². The molecule has 0 bridgehead atoms. The van der Waals surface area contributed by atoms with E-state index in [0.29, 0.717) is 0 Å². The molecule has 23 heavy (non-hydrogen) atoms. The maximum atomic E-state index is 11.7. The van der Waals surface area contributed by atoms with E-state index >= 15 is 0 Å². The van der Waals surface area contributed by atoms with Crippen LogP contribution in [0, 0.1) is 13.8 Å². The summed E-state index contributed by atoms with van der Waals surface area (Å²) in [6.45, 7) is 3.68. The lowest BCUT2D eigenvalue weighted by Gasteiger charge is -2.03. The van der Waals surface area contributed by atoms with Crippen molar-refractivity contribution in [2.75, 3.05) is 13.7 Å². The molecule has 0 radical (unpaired) electrons. The molecule has 120 valence electrons. The number of aryl methyl sites for hydroxylation is 1. The van der Waals surface area contributed by atoms with Crippen LogP contribution in [0.1, 0.15) is 17.0 Å². The maximum Gasteiger partial charge on any atom is 0.325 e. The molecule has 2 aromatic rings. The molecule has 6 nitrogen and oxygen atoms in total. The molecule has 0 atom stereocenters. The second-order valence-corrected chi connectivity index (χ2v) is 4.96. The van der Waals surface area contributed by atoms with Crippen molar-refractivity contribution in [3.05, 3.63) is 53.4 Å². The van der Waals surface area contributed by atoms with Crippen LogP contribution in [-0.2, 0) is 14.3 Å². The zero-order chi connectivity index (χ0) is 16.8. The SMILES string of the molecule is COC(=O)CNC(=O)/C=C/c1c(C)nn(-c2ccccc2)c1C. The standard InChI is InChI=1S/C17H19N3O3/c1-12-15(9-10-16(21)18-11-17(22)23-3)13(2)20(19-12)14-7-5-4-6-8-14/h4-10H,11H2,1-3H3,(H,18,21)/b10-9+. The van der Waals surface area contributed by atoms with Gasteiger partial charge in [0, 0.05) is 17.3 Å². The van der Waals surface area contributed by atoms with Crippen molar-refractivity contribution in [3.63, 3.8) is 0 Å². The molecule has 2 rings (SSSR count). The molecule has 0 spiro atoms. The maximum absolute atomic E-state index is 11.7. The second-order valence-electron chi connectivity index (χ2n) is 4.96. The van der Waals surface area contributed by atoms with Gasteiger partial charge in [0.15, 0.2) is 0 Å². The first-order valence-electron chi connectivity index (χ1n) is 7.17. The van der Waals surface area contributed by atoms with Crippen LogP contribution in [0.4, 0.5) is 0 Å². The van der Waals surface area contributed by atoms with Crippen LogP contribution in [-0.4, -0.2) is 35.3 Å². The predicted octanol–water partition coefficient (Wildman–Crippen LogP) is 1.79. The van der Waals surface area contributed by atoms with Gasteiger partial charge < -0.3 is 10.1 Å². The molecule has 0 fully saturated rings. The Kier molecular flexibility index (Phi) is 5.30. The van der Waals surface area contributed by atoms with Crippen molar-refractivity contribution >= 4 is 18.0 Å². The Balaban J connectivity index is 2.15. The van der Waals surface area contributed by atoms with Crippen molar-refractivity contribution in [1.82, 2.24) is 15.1 Å². The van der Waals surface area contributed by atoms with Gasteiger partial charge in [-0.1, -0.05) is 18.2 Å². The Morgan fingerprint density at radius 1 is 1.26 bits per heavy atom. The van der Waals surface area contributed by atoms with Crippen molar-refractivity contribution in [1.29, 1.82) is 0 Å². The summed E-state index contributed by atoms with van der Waals surface area (Å²) in [4.78, 5) is 22.7. The molecular weight excluding hydrogens is 294 g/mol. The number of hydrogen-bond acceptors (Lipinski definition) is 4. The number of benzene rings is 1. The highest BCUT2D eigenvalue weighted by atomic mass is 16.5. The van der Waals surface area contributed by atoms with Crippen molar-refractivity contribution in [2.45, 2.75) is 13.8 Å². The molecule has 0 aliphatic heterocycles. The number of aromatic nitrogens is 2. The first kappa shape index (κ1) is 16.5. The van der Waals surface area contributed by atoms with Gasteiger partial charge in [-0.25, -0.2) is 4.68 Å². The predicted molar refractivity (Wildman–Crippen MR) is 87.1 cm³/mol. The average Bonchev–Trinajstić information content (AvgIpc) is 2.85. The van der Waals surface area contributed by atoms with Gasteiger partial charge in [0.2, 0.25) is 5.91 Å². The highest BCUT2D eigenvalue weighted by Crippen LogP contribution is 2.18. The Bertz CT molecular complexity index is 733. The number of carbonyl (C=O) groups is 2. The lowest BCUT2D eigenvalue weighted by molar-refractivity contribution is -0.140. The van der Waals surface area contributed by atoms with E-state index in [2.05, 4.69) is 15.2 Å². The van der Waals surface area contributed by atoms with Gasteiger partial charge in [-0.2, -0.15) is 5.10 Å². The van der Waals surface area contributed by atoms with Crippen LogP contribution in [0.3, 0.4) is 0 Å². The Labute approximate surface area is 134 Å². The molecule has 0 saturated carbocycles. The summed E-state index contributed by atoms with van der Waals surface area (Å²) in [5.41, 5.74) is 3.60. The number of carbonyl (C=O) groups excluding carboxylic acids is 2. The van der Waals surface area contributed by atoms with Crippen molar-refractivity contribution < 1.29 is 14.3 Å². The molecule has 1 amide bonds. The van der Waals surface area contributed by atoms with Gasteiger partial charge in [0.05, 0.1) is 18.5 Å². The largest absolute Gasteiger partial charge is 0.468 e. The topological polar surface area (TPSA) is 73.2 Å². The zero-order valence-corrected chi connectivity index (χ0v) is 13.4. The first-order chi connectivity index (χ1) is 11.0. The van der Waals surface area contributed by atoms with Gasteiger partial charge in [0.1, 0.15) is 6.54 Å². The summed E-state index contributed by atoms with van der Waals surface area (Å²) in [7, 11) is 1.27. The van der Waals surface area contributed by atoms with Gasteiger partial charge in [-0.3, -0.25) is 9.59 Å². The quantitative estimate of drug-likeness (QED) is 0.675. The highest BCUT2D eigenvalue weighted by Gasteiger charge is 2.10. The molecule has 6 heteroatoms. The van der Waals surface area contributed by atoms with Crippen molar-refractivity contribution in [2.24, 2.45) is 0 Å². The fourth-order valence-electron chi connectivity index (χ4n) is 2.17. The summed E-state index contributed by atoms with van der Waals surface area (Å²) >= 11 is 0. The number of nitrogens with one attached hydrogen (secondary N) is 1. The molecular formula is C17H19N3O3. The van der Waals surface area contributed by atoms with Crippen LogP contribution >= 0.6 is 0 Å². The minimum Gasteiger partial charge on any atom is -0.468 e. The Morgan fingerprint density at radius 3 is 2.61 bits per heavy atom. The van der Waals surface area contributed by atoms with E-state index in [1.807, 2.05) is 48.9 Å². The third-order valence-electron chi connectivity index (χ3n) is 3.38. The summed E-state index contributed by atoms with van der Waals surface area (Å²) in [6, 6.07) is 9.77. The molecule has 0 aliphatic carbocycles. The fraction of sp³-hybridized carbons (Fsp3) is 0.235. The minimum atomic E-state index is -0.490. The van der Waals surface area contributed by atoms with E-state index < -0.39 is 5.97 Å². The van der Waals surface area contributed by atoms with Gasteiger partial charge in [0.25, 0.3) is 0 Å². The molecule has 0 unspecified atom stereocenters. The molecule has 0 saturated heterocycles. The minimum absolute atomic E-state index is 0.152. The molecule has 1 aromatic heterocycles. The van der Waals surface area contributed by atoms with E-state index in [1.54, 1.807) is 6.08 Å². The molecule has 0 aliphatic rings. The van der Waals surface area contributed by atoms with E-state index in [4.69, 9.17) is 0 Å². The van der Waals surface area contributed by atoms with Crippen molar-refractivity contribution in [3.8, 4) is 5.69 Å². The molecule has 1 heterocycles. The second kappa shape index (κ2) is 7.40. The van der Waals surface area contributed by atoms with E-state index in [0.717, 1.165) is 22.6 Å². The van der Waals surface area contributed by atoms with Crippen LogP contribution in [0.15, 0.2) is 36.4 Å². The fourth-order valence-corrected chi connectivity index (χ4v) is 2.17. The number of para-hydroxylation sites is 1. The normalized spacial score (nSPS) is 10.7. The van der Waals surface area contributed by atoms with Gasteiger partial charge in [-0.05, 0) is 32.1 Å². The third kappa shape index (κ3) is 4.06. The lowest BCUT2D eigenvalue weighted by atomic mass is 10.2. The van der Waals surface area contributed by atoms with Gasteiger partial charge in [-0.15, -0.1) is 0 Å². The Hall–Kier alpha value is -2.89. The van der Waals surface area contributed by atoms with Crippen LogP contribution in [0.2, 0.25) is 0 Å². The van der Waals surface area contributed by atoms with E-state index in [1.165, 1.54) is 13.2 Å². The summed E-state index contributed by atoms with van der Waals surface area (Å²) in [5, 5.41) is 6.96. The van der Waals surface area contributed by atoms with Crippen LogP contribution in [0.5, 0.6) is 0 Å². The summed E-state index contributed by atoms with van der Waals surface area (Å²) in [5.74, 6) is -0.849. The number of ether oxygens (including phenoxy) is 1. The van der Waals surface area contributed by atoms with Crippen LogP contribution in [0.25, 0.3) is 11.8 Å². The van der Waals surface area contributed by atoms with E-state index in [9.17, 15) is 9.59 Å². The third-order valence-corrected chi connectivity index (χ3v) is 3.38. The zero-order valence-electron chi connectivity index (χ0n) is 13.4. The highest BCUT2D eigenvalue weighted by molar-refractivity contribution is 5.93. The van der Waals surface area contributed by atoms with Crippen LogP contribution < -0.4 is 5.32 Å². The average molecular weight is 313 g/mol. The number of hydrogen-bond donors (Lipinski definition) is 1. The lowest BCUT2D eigenvalue weighted by Crippen LogP contribution is -2.28. The number of esters is 1. The number of methoxy groups -OCH3 is 1. The monoisotopic (exact) mass is 313 g/mol. The first-order valence-corrected chi connectivity index (χ1v) is 7.17. The van der Waals surface area contributed by atoms with Gasteiger partial charge >= 0.3 is 5.97 Å². The smallest absolute Gasteiger partial charge is 0.325 e. The number of nitrogens with zero attached hydrogens (tertiary/aromatic N) is 2. The molecule has 1 aromatic carbocycles. The summed E-state index contributed by atoms with van der Waals surface area (Å²) < 4.78 is 6.30. The summed E-state index contributed by atoms with van der Waals surface area (Å²) in [6.07, 6.45) is 3.08. The number of rotatable bonds is 5.